The zero-order chi connectivity index (χ0) is 12.4. The molecule has 0 amide bonds. The number of ether oxygens (including phenoxy) is 1. The van der Waals surface area contributed by atoms with Gasteiger partial charge in [0.1, 0.15) is 0 Å². The summed E-state index contributed by atoms with van der Waals surface area (Å²) in [6.45, 7) is 1.83. The van der Waals surface area contributed by atoms with E-state index >= 15 is 0 Å². The number of esters is 1. The normalized spacial score (nSPS) is 14.9. The molecule has 0 heterocycles. The second-order valence-corrected chi connectivity index (χ2v) is 3.89. The first-order chi connectivity index (χ1) is 8.15. The zero-order valence-electron chi connectivity index (χ0n) is 9.43. The standard InChI is InChI=1S/C13H12O4/c1-2-5-10(14)17-13-11(15)8-6-3-4-7-9(8)12(13)16/h3-4,6-7,13H,2,5H2,1H3. The third kappa shape index (κ3) is 1.98. The summed E-state index contributed by atoms with van der Waals surface area (Å²) < 4.78 is 4.92. The first-order valence-electron chi connectivity index (χ1n) is 5.52. The van der Waals surface area contributed by atoms with Crippen LogP contribution in [0.1, 0.15) is 40.5 Å². The van der Waals surface area contributed by atoms with Gasteiger partial charge in [-0.3, -0.25) is 14.4 Å². The number of ketones is 2. The molecule has 0 atom stereocenters. The molecule has 17 heavy (non-hydrogen) atoms. The third-order valence-electron chi connectivity index (χ3n) is 2.64. The molecule has 0 radical (unpaired) electrons. The molecule has 0 aliphatic heterocycles. The van der Waals surface area contributed by atoms with E-state index in [4.69, 9.17) is 4.74 Å². The zero-order valence-corrected chi connectivity index (χ0v) is 9.43. The highest BCUT2D eigenvalue weighted by molar-refractivity contribution is 6.29. The highest BCUT2D eigenvalue weighted by Gasteiger charge is 2.40. The van der Waals surface area contributed by atoms with E-state index in [0.29, 0.717) is 17.5 Å². The summed E-state index contributed by atoms with van der Waals surface area (Å²) in [5.74, 6) is -1.35. The Morgan fingerprint density at radius 3 is 2.18 bits per heavy atom. The number of hydrogen-bond donors (Lipinski definition) is 0. The average Bonchev–Trinajstić information content (AvgIpc) is 2.56. The Balaban J connectivity index is 2.22. The molecular formula is C13H12O4. The van der Waals surface area contributed by atoms with Gasteiger partial charge in [-0.2, -0.15) is 0 Å². The highest BCUT2D eigenvalue weighted by Crippen LogP contribution is 2.24. The molecule has 0 saturated carbocycles. The van der Waals surface area contributed by atoms with E-state index in [2.05, 4.69) is 0 Å². The summed E-state index contributed by atoms with van der Waals surface area (Å²) >= 11 is 0. The van der Waals surface area contributed by atoms with Crippen molar-refractivity contribution in [2.45, 2.75) is 25.9 Å². The first kappa shape index (κ1) is 11.5. The largest absolute Gasteiger partial charge is 0.445 e. The van der Waals surface area contributed by atoms with Crippen LogP contribution < -0.4 is 0 Å². The fourth-order valence-corrected chi connectivity index (χ4v) is 1.82. The van der Waals surface area contributed by atoms with Crippen LogP contribution in [-0.2, 0) is 9.53 Å². The SMILES string of the molecule is CCCC(=O)OC1C(=O)c2ccccc2C1=O. The van der Waals surface area contributed by atoms with E-state index in [0.717, 1.165) is 0 Å². The average molecular weight is 232 g/mol. The molecule has 2 rings (SSSR count). The summed E-state index contributed by atoms with van der Waals surface area (Å²) in [6, 6.07) is 6.51. The molecule has 0 aromatic heterocycles. The van der Waals surface area contributed by atoms with Crippen molar-refractivity contribution in [2.24, 2.45) is 0 Å². The first-order valence-corrected chi connectivity index (χ1v) is 5.52. The van der Waals surface area contributed by atoms with Crippen molar-refractivity contribution in [2.75, 3.05) is 0 Å². The minimum Gasteiger partial charge on any atom is -0.445 e. The van der Waals surface area contributed by atoms with Gasteiger partial charge in [0, 0.05) is 17.5 Å². The number of Topliss-reactive ketones (excluding diaryl/α,β-unsaturated/α-hetero) is 2. The van der Waals surface area contributed by atoms with Gasteiger partial charge in [-0.1, -0.05) is 31.2 Å². The van der Waals surface area contributed by atoms with Gasteiger partial charge in [0.15, 0.2) is 0 Å². The quantitative estimate of drug-likeness (QED) is 0.588. The van der Waals surface area contributed by atoms with Crippen molar-refractivity contribution in [3.05, 3.63) is 35.4 Å². The lowest BCUT2D eigenvalue weighted by Gasteiger charge is -2.08. The van der Waals surface area contributed by atoms with Crippen molar-refractivity contribution in [1.29, 1.82) is 0 Å². The van der Waals surface area contributed by atoms with E-state index in [9.17, 15) is 14.4 Å². The van der Waals surface area contributed by atoms with Crippen LogP contribution in [0.4, 0.5) is 0 Å². The van der Waals surface area contributed by atoms with E-state index in [1.807, 2.05) is 6.92 Å². The van der Waals surface area contributed by atoms with E-state index < -0.39 is 23.6 Å². The lowest BCUT2D eigenvalue weighted by Crippen LogP contribution is -2.28. The van der Waals surface area contributed by atoms with Crippen LogP contribution in [0.15, 0.2) is 24.3 Å². The second kappa shape index (κ2) is 4.49. The molecule has 1 aliphatic carbocycles. The summed E-state index contributed by atoms with van der Waals surface area (Å²) in [5, 5.41) is 0. The van der Waals surface area contributed by atoms with Gasteiger partial charge in [-0.15, -0.1) is 0 Å². The lowest BCUT2D eigenvalue weighted by atomic mass is 10.1. The number of fused-ring (bicyclic) bond motifs is 1. The van der Waals surface area contributed by atoms with Gasteiger partial charge < -0.3 is 4.74 Å². The minimum absolute atomic E-state index is 0.216. The van der Waals surface area contributed by atoms with Gasteiger partial charge in [0.2, 0.25) is 17.7 Å². The molecular weight excluding hydrogens is 220 g/mol. The summed E-state index contributed by atoms with van der Waals surface area (Å²) in [6.07, 6.45) is -0.430. The van der Waals surface area contributed by atoms with Gasteiger partial charge in [-0.25, -0.2) is 0 Å². The predicted molar refractivity (Wildman–Crippen MR) is 59.9 cm³/mol. The summed E-state index contributed by atoms with van der Waals surface area (Å²) in [5.41, 5.74) is 0.679. The van der Waals surface area contributed by atoms with Crippen LogP contribution in [0.2, 0.25) is 0 Å². The second-order valence-electron chi connectivity index (χ2n) is 3.89. The molecule has 1 aromatic carbocycles. The minimum atomic E-state index is -1.27. The van der Waals surface area contributed by atoms with Crippen molar-refractivity contribution < 1.29 is 19.1 Å². The van der Waals surface area contributed by atoms with Crippen molar-refractivity contribution >= 4 is 17.5 Å². The fourth-order valence-electron chi connectivity index (χ4n) is 1.82. The van der Waals surface area contributed by atoms with E-state index in [1.165, 1.54) is 0 Å². The Morgan fingerprint density at radius 2 is 1.71 bits per heavy atom. The molecule has 88 valence electrons. The molecule has 0 spiro atoms. The highest BCUT2D eigenvalue weighted by atomic mass is 16.5. The molecule has 0 saturated heterocycles. The topological polar surface area (TPSA) is 60.4 Å². The third-order valence-corrected chi connectivity index (χ3v) is 2.64. The maximum Gasteiger partial charge on any atom is 0.306 e. The van der Waals surface area contributed by atoms with Gasteiger partial charge in [0.05, 0.1) is 0 Å². The molecule has 4 heteroatoms. The van der Waals surface area contributed by atoms with Crippen LogP contribution in [0.3, 0.4) is 0 Å². The van der Waals surface area contributed by atoms with E-state index in [-0.39, 0.29) is 6.42 Å². The Hall–Kier alpha value is -1.97. The molecule has 0 bridgehead atoms. The lowest BCUT2D eigenvalue weighted by molar-refractivity contribution is -0.145. The molecule has 0 unspecified atom stereocenters. The Bertz CT molecular complexity index is 455. The number of carbonyl (C=O) groups is 3. The van der Waals surface area contributed by atoms with Gasteiger partial charge in [-0.05, 0) is 6.42 Å². The number of carbonyl (C=O) groups excluding carboxylic acids is 3. The maximum absolute atomic E-state index is 11.8. The number of rotatable bonds is 3. The Morgan fingerprint density at radius 1 is 1.18 bits per heavy atom. The maximum atomic E-state index is 11.8. The van der Waals surface area contributed by atoms with Crippen LogP contribution in [0.5, 0.6) is 0 Å². The summed E-state index contributed by atoms with van der Waals surface area (Å²) in [7, 11) is 0. The molecule has 1 aromatic rings. The van der Waals surface area contributed by atoms with Crippen molar-refractivity contribution in [3.8, 4) is 0 Å². The molecule has 0 fully saturated rings. The summed E-state index contributed by atoms with van der Waals surface area (Å²) in [4.78, 5) is 35.0. The Kier molecular flexibility index (Phi) is 3.04. The van der Waals surface area contributed by atoms with Crippen molar-refractivity contribution in [3.63, 3.8) is 0 Å². The van der Waals surface area contributed by atoms with Crippen molar-refractivity contribution in [1.82, 2.24) is 0 Å². The molecule has 0 N–H and O–H groups in total. The smallest absolute Gasteiger partial charge is 0.306 e. The van der Waals surface area contributed by atoms with Crippen LogP contribution in [0, 0.1) is 0 Å². The molecule has 1 aliphatic rings. The van der Waals surface area contributed by atoms with E-state index in [1.54, 1.807) is 24.3 Å². The van der Waals surface area contributed by atoms with Crippen LogP contribution in [-0.4, -0.2) is 23.6 Å². The van der Waals surface area contributed by atoms with Gasteiger partial charge in [0.25, 0.3) is 0 Å². The predicted octanol–water partition coefficient (Wildman–Crippen LogP) is 1.78. The fraction of sp³-hybridized carbons (Fsp3) is 0.308. The monoisotopic (exact) mass is 232 g/mol. The molecule has 4 nitrogen and oxygen atoms in total. The number of hydrogen-bond acceptors (Lipinski definition) is 4. The van der Waals surface area contributed by atoms with Gasteiger partial charge >= 0.3 is 5.97 Å². The number of benzene rings is 1. The Labute approximate surface area is 98.6 Å². The van der Waals surface area contributed by atoms with Crippen LogP contribution >= 0.6 is 0 Å². The van der Waals surface area contributed by atoms with Crippen LogP contribution in [0.25, 0.3) is 0 Å².